The van der Waals surface area contributed by atoms with Crippen molar-refractivity contribution < 1.29 is 9.66 Å². The third-order valence-corrected chi connectivity index (χ3v) is 3.88. The molecule has 1 heterocycles. The Kier molecular flexibility index (Phi) is 7.75. The molecule has 0 unspecified atom stereocenters. The van der Waals surface area contributed by atoms with Gasteiger partial charge in [0.2, 0.25) is 5.82 Å². The Balaban J connectivity index is 1.76. The number of hydrogen-bond donors (Lipinski definition) is 1. The van der Waals surface area contributed by atoms with Crippen molar-refractivity contribution in [2.75, 3.05) is 13.1 Å². The summed E-state index contributed by atoms with van der Waals surface area (Å²) in [7, 11) is 1.60. The first kappa shape index (κ1) is 19.6. The maximum Gasteiger partial charge on any atom is 0.342 e. The van der Waals surface area contributed by atoms with Gasteiger partial charge in [0.1, 0.15) is 12.0 Å². The predicted octanol–water partition coefficient (Wildman–Crippen LogP) is 3.03. The lowest BCUT2D eigenvalue weighted by Crippen LogP contribution is -2.14. The van der Waals surface area contributed by atoms with Crippen molar-refractivity contribution in [3.63, 3.8) is 0 Å². The highest BCUT2D eigenvalue weighted by atomic mass is 16.6. The molecule has 2 rings (SSSR count). The summed E-state index contributed by atoms with van der Waals surface area (Å²) in [6.07, 6.45) is 13.8. The van der Waals surface area contributed by atoms with E-state index in [0.29, 0.717) is 18.0 Å². The molecule has 0 aromatic carbocycles. The van der Waals surface area contributed by atoms with Crippen LogP contribution in [-0.4, -0.2) is 33.3 Å². The predicted molar refractivity (Wildman–Crippen MR) is 101 cm³/mol. The number of aromatic nitrogens is 2. The largest absolute Gasteiger partial charge is 0.484 e. The molecule has 140 valence electrons. The van der Waals surface area contributed by atoms with E-state index in [1.807, 2.05) is 30.5 Å². The van der Waals surface area contributed by atoms with E-state index in [9.17, 15) is 10.1 Å². The van der Waals surface area contributed by atoms with Crippen molar-refractivity contribution in [1.82, 2.24) is 14.9 Å². The van der Waals surface area contributed by atoms with Gasteiger partial charge in [0.05, 0.1) is 7.05 Å². The Morgan fingerprint density at radius 2 is 2.35 bits per heavy atom. The van der Waals surface area contributed by atoms with Crippen LogP contribution < -0.4 is 5.32 Å². The molecule has 0 saturated heterocycles. The van der Waals surface area contributed by atoms with Gasteiger partial charge in [0, 0.05) is 24.9 Å². The van der Waals surface area contributed by atoms with E-state index in [1.54, 1.807) is 7.05 Å². The second-order valence-corrected chi connectivity index (χ2v) is 5.84. The van der Waals surface area contributed by atoms with E-state index in [0.717, 1.165) is 18.8 Å². The maximum absolute atomic E-state index is 10.8. The Labute approximate surface area is 153 Å². The van der Waals surface area contributed by atoms with Crippen molar-refractivity contribution in [3.05, 3.63) is 58.4 Å². The van der Waals surface area contributed by atoms with Gasteiger partial charge in [-0.15, -0.1) is 0 Å². The number of nitrogens with zero attached hydrogens (tertiary/aromatic N) is 4. The summed E-state index contributed by atoms with van der Waals surface area (Å²) in [5.74, 6) is 1.16. The van der Waals surface area contributed by atoms with E-state index in [2.05, 4.69) is 22.2 Å². The molecular weight excluding hydrogens is 334 g/mol. The molecular formula is C18H25N5O3. The highest BCUT2D eigenvalue weighted by molar-refractivity contribution is 5.97. The second-order valence-electron chi connectivity index (χ2n) is 5.84. The van der Waals surface area contributed by atoms with Gasteiger partial charge in [0.25, 0.3) is 0 Å². The number of allylic oxidation sites excluding steroid dienone is 3. The van der Waals surface area contributed by atoms with E-state index in [1.165, 1.54) is 23.6 Å². The summed E-state index contributed by atoms with van der Waals surface area (Å²) >= 11 is 0. The highest BCUT2D eigenvalue weighted by Gasteiger charge is 2.17. The van der Waals surface area contributed by atoms with E-state index in [-0.39, 0.29) is 12.4 Å². The zero-order valence-electron chi connectivity index (χ0n) is 15.2. The van der Waals surface area contributed by atoms with E-state index >= 15 is 0 Å². The molecule has 0 amide bonds. The molecule has 8 nitrogen and oxygen atoms in total. The molecule has 0 bridgehead atoms. The molecule has 0 fully saturated rings. The van der Waals surface area contributed by atoms with Crippen molar-refractivity contribution in [3.8, 4) is 0 Å². The Bertz CT molecular complexity index is 731. The molecule has 0 spiro atoms. The van der Waals surface area contributed by atoms with Crippen molar-refractivity contribution >= 4 is 11.5 Å². The molecule has 8 heteroatoms. The lowest BCUT2D eigenvalue weighted by molar-refractivity contribution is -0.391. The maximum atomic E-state index is 10.8. The third-order valence-electron chi connectivity index (χ3n) is 3.88. The molecule has 26 heavy (non-hydrogen) atoms. The minimum atomic E-state index is -0.466. The molecule has 0 saturated carbocycles. The minimum absolute atomic E-state index is 0.0536. The molecule has 1 aliphatic rings. The Hall–Kier alpha value is -2.74. The van der Waals surface area contributed by atoms with Crippen LogP contribution in [0.25, 0.3) is 0 Å². The van der Waals surface area contributed by atoms with Crippen molar-refractivity contribution in [2.24, 2.45) is 12.0 Å². The molecule has 1 aromatic heterocycles. The standard InChI is InChI=1S/C18H25N5O3/c1-3-4-10-19-11-5-12-20-15-6-8-16(9-7-15)26-14-17-21-13-18(22(17)2)23(24)25/h5-6,8-9,12-13,19H,3-4,7,10-11,14H2,1-2H3. The summed E-state index contributed by atoms with van der Waals surface area (Å²) in [4.78, 5) is 18.8. The van der Waals surface area contributed by atoms with Gasteiger partial charge in [-0.3, -0.25) is 4.99 Å². The summed E-state index contributed by atoms with van der Waals surface area (Å²) in [6.45, 7) is 4.20. The van der Waals surface area contributed by atoms with Crippen LogP contribution in [0.15, 0.2) is 47.5 Å². The fraction of sp³-hybridized carbons (Fsp3) is 0.444. The van der Waals surface area contributed by atoms with Gasteiger partial charge in [-0.2, -0.15) is 0 Å². The normalized spacial score (nSPS) is 15.6. The monoisotopic (exact) mass is 359 g/mol. The molecule has 0 radical (unpaired) electrons. The number of ether oxygens (including phenoxy) is 1. The van der Waals surface area contributed by atoms with Gasteiger partial charge < -0.3 is 20.2 Å². The first-order valence-electron chi connectivity index (χ1n) is 8.70. The average molecular weight is 359 g/mol. The van der Waals surface area contributed by atoms with Crippen LogP contribution in [0.1, 0.15) is 32.0 Å². The van der Waals surface area contributed by atoms with Crippen LogP contribution >= 0.6 is 0 Å². The third kappa shape index (κ3) is 5.96. The fourth-order valence-electron chi connectivity index (χ4n) is 2.30. The first-order valence-corrected chi connectivity index (χ1v) is 8.70. The minimum Gasteiger partial charge on any atom is -0.484 e. The van der Waals surface area contributed by atoms with Crippen LogP contribution in [0.5, 0.6) is 0 Å². The van der Waals surface area contributed by atoms with Gasteiger partial charge in [0.15, 0.2) is 6.61 Å². The number of imidazole rings is 1. The smallest absolute Gasteiger partial charge is 0.342 e. The highest BCUT2D eigenvalue weighted by Crippen LogP contribution is 2.16. The van der Waals surface area contributed by atoms with Gasteiger partial charge in [-0.25, -0.2) is 9.55 Å². The van der Waals surface area contributed by atoms with Crippen LogP contribution in [0.2, 0.25) is 0 Å². The Morgan fingerprint density at radius 1 is 1.50 bits per heavy atom. The SMILES string of the molecule is CCCCNCC=CN=C1C=CC(OCc2ncc([N+](=O)[O-])n2C)=CC1. The second kappa shape index (κ2) is 10.3. The quantitative estimate of drug-likeness (QED) is 0.394. The number of rotatable bonds is 10. The summed E-state index contributed by atoms with van der Waals surface area (Å²) in [5, 5.41) is 14.1. The molecule has 0 aliphatic heterocycles. The molecule has 0 atom stereocenters. The van der Waals surface area contributed by atoms with Gasteiger partial charge >= 0.3 is 5.82 Å². The zero-order chi connectivity index (χ0) is 18.8. The number of aliphatic imine (C=N–C) groups is 1. The fourth-order valence-corrected chi connectivity index (χ4v) is 2.30. The topological polar surface area (TPSA) is 94.6 Å². The van der Waals surface area contributed by atoms with Gasteiger partial charge in [-0.1, -0.05) is 19.4 Å². The molecule has 1 aliphatic carbocycles. The first-order chi connectivity index (χ1) is 12.6. The van der Waals surface area contributed by atoms with Crippen LogP contribution in [0.4, 0.5) is 5.82 Å². The van der Waals surface area contributed by atoms with Crippen LogP contribution in [-0.2, 0) is 18.4 Å². The van der Waals surface area contributed by atoms with Gasteiger partial charge in [-0.05, 0) is 36.1 Å². The number of hydrogen-bond acceptors (Lipinski definition) is 6. The van der Waals surface area contributed by atoms with Crippen molar-refractivity contribution in [2.45, 2.75) is 32.8 Å². The number of nitrogens with one attached hydrogen (secondary N) is 1. The van der Waals surface area contributed by atoms with E-state index in [4.69, 9.17) is 4.74 Å². The van der Waals surface area contributed by atoms with Crippen molar-refractivity contribution in [1.29, 1.82) is 0 Å². The zero-order valence-corrected chi connectivity index (χ0v) is 15.2. The Morgan fingerprint density at radius 3 is 3.00 bits per heavy atom. The number of nitro groups is 1. The van der Waals surface area contributed by atoms with E-state index < -0.39 is 4.92 Å². The summed E-state index contributed by atoms with van der Waals surface area (Å²) in [5.41, 5.74) is 0.954. The molecule has 1 N–H and O–H groups in total. The average Bonchev–Trinajstić information content (AvgIpc) is 3.01. The summed E-state index contributed by atoms with van der Waals surface area (Å²) in [6, 6.07) is 0. The molecule has 1 aromatic rings. The van der Waals surface area contributed by atoms with Crippen LogP contribution in [0, 0.1) is 10.1 Å². The lowest BCUT2D eigenvalue weighted by Gasteiger charge is -2.09. The summed E-state index contributed by atoms with van der Waals surface area (Å²) < 4.78 is 7.07. The lowest BCUT2D eigenvalue weighted by atomic mass is 10.1. The van der Waals surface area contributed by atoms with Crippen LogP contribution in [0.3, 0.4) is 0 Å². The number of unbranched alkanes of at least 4 members (excludes halogenated alkanes) is 1.